The summed E-state index contributed by atoms with van der Waals surface area (Å²) in [5.74, 6) is 0.163. The Morgan fingerprint density at radius 1 is 1.43 bits per heavy atom. The van der Waals surface area contributed by atoms with Crippen molar-refractivity contribution in [3.05, 3.63) is 42.2 Å². The Kier molecular flexibility index (Phi) is 4.01. The average Bonchev–Trinajstić information content (AvgIpc) is 3.12. The van der Waals surface area contributed by atoms with Crippen molar-refractivity contribution in [3.63, 3.8) is 0 Å². The van der Waals surface area contributed by atoms with Crippen molar-refractivity contribution < 1.29 is 4.79 Å². The molecule has 0 spiro atoms. The van der Waals surface area contributed by atoms with Crippen LogP contribution in [0.3, 0.4) is 0 Å². The van der Waals surface area contributed by atoms with Crippen LogP contribution in [-0.4, -0.2) is 27.3 Å². The summed E-state index contributed by atoms with van der Waals surface area (Å²) in [6, 6.07) is 8.16. The third-order valence-corrected chi connectivity index (χ3v) is 4.91. The van der Waals surface area contributed by atoms with Gasteiger partial charge in [0.05, 0.1) is 5.25 Å². The quantitative estimate of drug-likeness (QED) is 0.815. The van der Waals surface area contributed by atoms with Gasteiger partial charge in [-0.15, -0.1) is 0 Å². The van der Waals surface area contributed by atoms with Crippen LogP contribution in [0, 0.1) is 0 Å². The van der Waals surface area contributed by atoms with E-state index in [-0.39, 0.29) is 11.2 Å². The van der Waals surface area contributed by atoms with E-state index >= 15 is 0 Å². The maximum atomic E-state index is 12.7. The van der Waals surface area contributed by atoms with E-state index in [4.69, 9.17) is 0 Å². The minimum Gasteiger partial charge on any atom is -0.326 e. The largest absolute Gasteiger partial charge is 0.326 e. The van der Waals surface area contributed by atoms with Gasteiger partial charge < -0.3 is 9.47 Å². The van der Waals surface area contributed by atoms with Gasteiger partial charge in [-0.05, 0) is 31.9 Å². The number of aromatic nitrogens is 2. The Morgan fingerprint density at radius 3 is 3.05 bits per heavy atom. The monoisotopic (exact) mass is 301 g/mol. The summed E-state index contributed by atoms with van der Waals surface area (Å²) in [6.45, 7) is 5.69. The van der Waals surface area contributed by atoms with Gasteiger partial charge in [0.2, 0.25) is 5.91 Å². The third-order valence-electron chi connectivity index (χ3n) is 3.80. The van der Waals surface area contributed by atoms with Gasteiger partial charge >= 0.3 is 0 Å². The molecule has 2 aromatic rings. The van der Waals surface area contributed by atoms with Crippen LogP contribution in [0.15, 0.2) is 41.8 Å². The number of carbonyl (C=O) groups is 1. The molecule has 2 heterocycles. The Bertz CT molecular complexity index is 652. The molecule has 0 radical (unpaired) electrons. The molecule has 3 rings (SSSR count). The van der Waals surface area contributed by atoms with Gasteiger partial charge in [0.1, 0.15) is 0 Å². The predicted molar refractivity (Wildman–Crippen MR) is 85.7 cm³/mol. The maximum Gasteiger partial charge on any atom is 0.240 e. The number of imidazole rings is 1. The van der Waals surface area contributed by atoms with Crippen molar-refractivity contribution in [1.82, 2.24) is 9.55 Å². The summed E-state index contributed by atoms with van der Waals surface area (Å²) < 4.78 is 2.06. The molecule has 0 saturated heterocycles. The summed E-state index contributed by atoms with van der Waals surface area (Å²) >= 11 is 1.53. The van der Waals surface area contributed by atoms with Crippen molar-refractivity contribution in [2.75, 3.05) is 11.4 Å². The second kappa shape index (κ2) is 5.93. The van der Waals surface area contributed by atoms with Crippen molar-refractivity contribution in [1.29, 1.82) is 0 Å². The summed E-state index contributed by atoms with van der Waals surface area (Å²) in [4.78, 5) is 18.9. The number of para-hydroxylation sites is 1. The Morgan fingerprint density at radius 2 is 2.24 bits per heavy atom. The molecule has 1 aromatic heterocycles. The van der Waals surface area contributed by atoms with Gasteiger partial charge in [0.25, 0.3) is 0 Å². The number of anilines is 1. The zero-order valence-corrected chi connectivity index (χ0v) is 13.1. The molecule has 0 saturated carbocycles. The first-order valence-corrected chi connectivity index (χ1v) is 8.15. The van der Waals surface area contributed by atoms with Crippen LogP contribution in [0.25, 0.3) is 0 Å². The van der Waals surface area contributed by atoms with E-state index in [1.807, 2.05) is 36.2 Å². The number of carbonyl (C=O) groups excluding carboxylic acids is 1. The number of aryl methyl sites for hydroxylation is 1. The molecule has 5 heteroatoms. The van der Waals surface area contributed by atoms with E-state index in [2.05, 4.69) is 22.5 Å². The molecule has 1 aliphatic heterocycles. The van der Waals surface area contributed by atoms with Gasteiger partial charge in [-0.3, -0.25) is 4.79 Å². The van der Waals surface area contributed by atoms with Gasteiger partial charge in [0, 0.05) is 31.2 Å². The molecule has 1 amide bonds. The number of thioether (sulfide) groups is 1. The highest BCUT2D eigenvalue weighted by Crippen LogP contribution is 2.31. The lowest BCUT2D eigenvalue weighted by molar-refractivity contribution is -0.117. The Hall–Kier alpha value is -1.75. The molecule has 1 unspecified atom stereocenters. The van der Waals surface area contributed by atoms with Crippen molar-refractivity contribution >= 4 is 23.4 Å². The highest BCUT2D eigenvalue weighted by molar-refractivity contribution is 8.00. The standard InChI is InChI=1S/C16H19N3OS/c1-3-18-11-9-17-16(18)21-12(2)15(20)19-10-8-13-6-4-5-7-14(13)19/h4-7,9,11-12H,3,8,10H2,1-2H3. The second-order valence-corrected chi connectivity index (χ2v) is 6.43. The highest BCUT2D eigenvalue weighted by Gasteiger charge is 2.28. The lowest BCUT2D eigenvalue weighted by Crippen LogP contribution is -2.35. The smallest absolute Gasteiger partial charge is 0.240 e. The van der Waals surface area contributed by atoms with Crippen LogP contribution in [-0.2, 0) is 17.8 Å². The SMILES string of the molecule is CCn1ccnc1SC(C)C(=O)N1CCc2ccccc21. The topological polar surface area (TPSA) is 38.1 Å². The molecule has 21 heavy (non-hydrogen) atoms. The zero-order valence-electron chi connectivity index (χ0n) is 12.3. The molecule has 0 fully saturated rings. The molecule has 1 atom stereocenters. The summed E-state index contributed by atoms with van der Waals surface area (Å²) in [5, 5.41) is 0.773. The van der Waals surface area contributed by atoms with Crippen LogP contribution >= 0.6 is 11.8 Å². The van der Waals surface area contributed by atoms with Crippen LogP contribution in [0.1, 0.15) is 19.4 Å². The van der Waals surface area contributed by atoms with Crippen molar-refractivity contribution in [3.8, 4) is 0 Å². The first kappa shape index (κ1) is 14.2. The Labute approximate surface area is 129 Å². The molecule has 0 bridgehead atoms. The normalized spacial score (nSPS) is 15.0. The lowest BCUT2D eigenvalue weighted by Gasteiger charge is -2.21. The number of hydrogen-bond donors (Lipinski definition) is 0. The predicted octanol–water partition coefficient (Wildman–Crippen LogP) is 2.97. The van der Waals surface area contributed by atoms with Gasteiger partial charge in [-0.2, -0.15) is 0 Å². The Balaban J connectivity index is 1.74. The van der Waals surface area contributed by atoms with Crippen LogP contribution in [0.4, 0.5) is 5.69 Å². The molecule has 1 aromatic carbocycles. The fourth-order valence-electron chi connectivity index (χ4n) is 2.65. The fourth-order valence-corrected chi connectivity index (χ4v) is 3.64. The van der Waals surface area contributed by atoms with Gasteiger partial charge in [0.15, 0.2) is 5.16 Å². The van der Waals surface area contributed by atoms with E-state index in [0.29, 0.717) is 0 Å². The number of benzene rings is 1. The maximum absolute atomic E-state index is 12.7. The molecule has 0 N–H and O–H groups in total. The van der Waals surface area contributed by atoms with Crippen molar-refractivity contribution in [2.24, 2.45) is 0 Å². The fraction of sp³-hybridized carbons (Fsp3) is 0.375. The summed E-state index contributed by atoms with van der Waals surface area (Å²) in [7, 11) is 0. The van der Waals surface area contributed by atoms with E-state index < -0.39 is 0 Å². The number of hydrogen-bond acceptors (Lipinski definition) is 3. The number of fused-ring (bicyclic) bond motifs is 1. The minimum atomic E-state index is -0.135. The molecule has 110 valence electrons. The minimum absolute atomic E-state index is 0.135. The van der Waals surface area contributed by atoms with Gasteiger partial charge in [-0.1, -0.05) is 30.0 Å². The van der Waals surface area contributed by atoms with Crippen LogP contribution in [0.5, 0.6) is 0 Å². The average molecular weight is 301 g/mol. The number of nitrogens with zero attached hydrogens (tertiary/aromatic N) is 3. The first-order valence-electron chi connectivity index (χ1n) is 7.27. The summed E-state index contributed by atoms with van der Waals surface area (Å²) in [5.41, 5.74) is 2.33. The van der Waals surface area contributed by atoms with Crippen LogP contribution in [0.2, 0.25) is 0 Å². The molecular formula is C16H19N3OS. The molecule has 0 aliphatic carbocycles. The van der Waals surface area contributed by atoms with Gasteiger partial charge in [-0.25, -0.2) is 4.98 Å². The third kappa shape index (κ3) is 2.70. The summed E-state index contributed by atoms with van der Waals surface area (Å²) in [6.07, 6.45) is 4.68. The van der Waals surface area contributed by atoms with E-state index in [0.717, 1.165) is 30.4 Å². The number of rotatable bonds is 4. The van der Waals surface area contributed by atoms with E-state index in [9.17, 15) is 4.79 Å². The number of amides is 1. The molecule has 1 aliphatic rings. The van der Waals surface area contributed by atoms with E-state index in [1.54, 1.807) is 6.20 Å². The molecular weight excluding hydrogens is 282 g/mol. The van der Waals surface area contributed by atoms with Crippen LogP contribution < -0.4 is 4.90 Å². The lowest BCUT2D eigenvalue weighted by atomic mass is 10.2. The molecule has 4 nitrogen and oxygen atoms in total. The first-order chi connectivity index (χ1) is 10.2. The highest BCUT2D eigenvalue weighted by atomic mass is 32.2. The zero-order chi connectivity index (χ0) is 14.8. The second-order valence-electron chi connectivity index (χ2n) is 5.12. The van der Waals surface area contributed by atoms with Crippen molar-refractivity contribution in [2.45, 2.75) is 37.2 Å². The van der Waals surface area contributed by atoms with E-state index in [1.165, 1.54) is 17.3 Å².